The Morgan fingerprint density at radius 1 is 0.500 bits per heavy atom. The zero-order chi connectivity index (χ0) is 31.0. The van der Waals surface area contributed by atoms with Crippen LogP contribution < -0.4 is 14.4 Å². The van der Waals surface area contributed by atoms with Gasteiger partial charge < -0.3 is 19.5 Å². The van der Waals surface area contributed by atoms with Crippen molar-refractivity contribution in [1.29, 1.82) is 0 Å². The summed E-state index contributed by atoms with van der Waals surface area (Å²) in [6.07, 6.45) is 0. The predicted octanol–water partition coefficient (Wildman–Crippen LogP) is 10.6. The topological polar surface area (TPSA) is 41.9 Å². The molecule has 0 fully saturated rings. The summed E-state index contributed by atoms with van der Waals surface area (Å²) < 4.78 is 67.4. The minimum Gasteiger partial charge on any atom is -0.503 e. The second kappa shape index (κ2) is 12.1. The van der Waals surface area contributed by atoms with Gasteiger partial charge in [-0.25, -0.2) is 8.78 Å². The first-order chi connectivity index (χ1) is 21.3. The minimum absolute atomic E-state index is 0.00394. The summed E-state index contributed by atoms with van der Waals surface area (Å²) in [5, 5.41) is 9.30. The minimum atomic E-state index is -1.83. The fourth-order valence-corrected chi connectivity index (χ4v) is 6.89. The van der Waals surface area contributed by atoms with Crippen LogP contribution in [0, 0.1) is 23.3 Å². The molecule has 0 saturated heterocycles. The number of nitrogens with zero attached hydrogens (tertiary/aromatic N) is 1. The number of hydrogen-bond acceptors (Lipinski definition) is 6. The van der Waals surface area contributed by atoms with Crippen LogP contribution in [0.2, 0.25) is 0 Å². The van der Waals surface area contributed by atoms with Crippen molar-refractivity contribution in [2.24, 2.45) is 0 Å². The molecule has 0 aliphatic heterocycles. The van der Waals surface area contributed by atoms with Crippen LogP contribution in [0.25, 0.3) is 30.6 Å². The van der Waals surface area contributed by atoms with Crippen LogP contribution in [0.3, 0.4) is 0 Å². The molecule has 2 heterocycles. The largest absolute Gasteiger partial charge is 0.503 e. The van der Waals surface area contributed by atoms with Gasteiger partial charge in [-0.2, -0.15) is 8.78 Å². The predicted molar refractivity (Wildman–Crippen MR) is 168 cm³/mol. The number of benzene rings is 4. The van der Waals surface area contributed by atoms with Gasteiger partial charge in [0.05, 0.1) is 19.8 Å². The highest BCUT2D eigenvalue weighted by Gasteiger charge is 2.27. The molecular weight excluding hydrogens is 611 g/mol. The highest BCUT2D eigenvalue weighted by molar-refractivity contribution is 7.25. The van der Waals surface area contributed by atoms with E-state index in [0.29, 0.717) is 4.88 Å². The van der Waals surface area contributed by atoms with Gasteiger partial charge in [-0.15, -0.1) is 22.7 Å². The molecule has 0 amide bonds. The third kappa shape index (κ3) is 5.38. The van der Waals surface area contributed by atoms with Crippen molar-refractivity contribution in [3.63, 3.8) is 0 Å². The molecule has 0 atom stereocenters. The lowest BCUT2D eigenvalue weighted by Gasteiger charge is -2.26. The van der Waals surface area contributed by atoms with Crippen LogP contribution in [-0.2, 0) is 0 Å². The van der Waals surface area contributed by atoms with Gasteiger partial charge in [0.25, 0.3) is 0 Å². The molecule has 6 aromatic rings. The van der Waals surface area contributed by atoms with E-state index in [2.05, 4.69) is 4.90 Å². The molecule has 10 heteroatoms. The maximum atomic E-state index is 14.5. The normalized spacial score (nSPS) is 11.0. The van der Waals surface area contributed by atoms with Gasteiger partial charge in [0.15, 0.2) is 17.4 Å². The summed E-state index contributed by atoms with van der Waals surface area (Å²) >= 11 is 2.47. The van der Waals surface area contributed by atoms with E-state index >= 15 is 0 Å². The molecular formula is C34H23F4NO3S2. The average molecular weight is 634 g/mol. The van der Waals surface area contributed by atoms with Crippen molar-refractivity contribution in [2.45, 2.75) is 0 Å². The number of thiophene rings is 2. The van der Waals surface area contributed by atoms with Gasteiger partial charge in [0.2, 0.25) is 11.6 Å². The Kier molecular flexibility index (Phi) is 8.03. The van der Waals surface area contributed by atoms with Crippen LogP contribution in [0.1, 0.15) is 0 Å². The lowest BCUT2D eigenvalue weighted by Crippen LogP contribution is -2.09. The molecule has 44 heavy (non-hydrogen) atoms. The number of anilines is 3. The number of methoxy groups -OCH3 is 2. The summed E-state index contributed by atoms with van der Waals surface area (Å²) in [5.41, 5.74) is 2.93. The van der Waals surface area contributed by atoms with Crippen molar-refractivity contribution in [3.05, 3.63) is 120 Å². The molecule has 4 aromatic carbocycles. The van der Waals surface area contributed by atoms with E-state index in [1.54, 1.807) is 20.3 Å². The molecule has 0 spiro atoms. The number of aromatic hydroxyl groups is 1. The molecule has 6 rings (SSSR count). The molecule has 0 radical (unpaired) electrons. The van der Waals surface area contributed by atoms with E-state index in [4.69, 9.17) is 9.47 Å². The zero-order valence-electron chi connectivity index (χ0n) is 23.3. The highest BCUT2D eigenvalue weighted by atomic mass is 32.1. The molecule has 1 N–H and O–H groups in total. The average Bonchev–Trinajstić information content (AvgIpc) is 3.75. The van der Waals surface area contributed by atoms with E-state index in [1.165, 1.54) is 17.4 Å². The van der Waals surface area contributed by atoms with Crippen molar-refractivity contribution in [1.82, 2.24) is 0 Å². The Hall–Kier alpha value is -4.80. The summed E-state index contributed by atoms with van der Waals surface area (Å²) in [6, 6.07) is 30.5. The van der Waals surface area contributed by atoms with Gasteiger partial charge in [-0.3, -0.25) is 0 Å². The summed E-state index contributed by atoms with van der Waals surface area (Å²) in [6.45, 7) is 0. The van der Waals surface area contributed by atoms with Crippen molar-refractivity contribution in [2.75, 3.05) is 19.1 Å². The smallest absolute Gasteiger partial charge is 0.204 e. The quantitative estimate of drug-likeness (QED) is 0.134. The van der Waals surface area contributed by atoms with E-state index in [-0.39, 0.29) is 4.88 Å². The molecule has 4 nitrogen and oxygen atoms in total. The van der Waals surface area contributed by atoms with Gasteiger partial charge in [0, 0.05) is 36.6 Å². The van der Waals surface area contributed by atoms with Gasteiger partial charge in [-0.05, 0) is 90.5 Å². The molecule has 0 unspecified atom stereocenters. The van der Waals surface area contributed by atoms with Crippen LogP contribution in [0.4, 0.5) is 34.6 Å². The summed E-state index contributed by atoms with van der Waals surface area (Å²) in [5.74, 6) is -7.10. The van der Waals surface area contributed by atoms with Crippen molar-refractivity contribution in [3.8, 4) is 47.9 Å². The molecule has 0 saturated carbocycles. The SMILES string of the molecule is COc1ccc(N(c2ccc(OC)cc2)c2ccc(-c3ccc(-c4ccc(-c5c(F)c(F)c(O)c(F)c5F)s4)s3)cc2)cc1. The molecule has 0 bridgehead atoms. The molecule has 2 aromatic heterocycles. The van der Waals surface area contributed by atoms with E-state index < -0.39 is 34.6 Å². The van der Waals surface area contributed by atoms with Crippen LogP contribution in [0.5, 0.6) is 17.2 Å². The highest BCUT2D eigenvalue weighted by Crippen LogP contribution is 2.44. The lowest BCUT2D eigenvalue weighted by molar-refractivity contribution is 0.358. The number of phenolic OH excluding ortho intramolecular Hbond substituents is 1. The van der Waals surface area contributed by atoms with Crippen LogP contribution in [-0.4, -0.2) is 19.3 Å². The first-order valence-electron chi connectivity index (χ1n) is 13.2. The fraction of sp³-hybridized carbons (Fsp3) is 0.0588. The Morgan fingerprint density at radius 2 is 0.886 bits per heavy atom. The second-order valence-corrected chi connectivity index (χ2v) is 11.8. The molecule has 0 aliphatic carbocycles. The standard InChI is InChI=1S/C34H23F4NO3S2/c1-41-23-11-7-21(8-12-23)39(22-9-13-24(42-2)14-10-22)20-5-3-19(4-6-20)25-15-16-26(43-25)27-17-18-28(44-27)29-30(35)32(37)34(40)33(38)31(29)36/h3-18,40H,1-2H3. The van der Waals surface area contributed by atoms with E-state index in [0.717, 1.165) is 55.2 Å². The zero-order valence-corrected chi connectivity index (χ0v) is 24.9. The van der Waals surface area contributed by atoms with E-state index in [1.807, 2.05) is 84.9 Å². The fourth-order valence-electron chi connectivity index (χ4n) is 4.75. The van der Waals surface area contributed by atoms with Gasteiger partial charge >= 0.3 is 0 Å². The second-order valence-electron chi connectivity index (χ2n) is 9.59. The van der Waals surface area contributed by atoms with Crippen LogP contribution >= 0.6 is 22.7 Å². The first kappa shape index (κ1) is 29.3. The number of hydrogen-bond donors (Lipinski definition) is 1. The Balaban J connectivity index is 1.29. The summed E-state index contributed by atoms with van der Waals surface area (Å²) in [7, 11) is 3.25. The molecule has 0 aliphatic rings. The lowest BCUT2D eigenvalue weighted by atomic mass is 10.1. The van der Waals surface area contributed by atoms with Crippen LogP contribution in [0.15, 0.2) is 97.1 Å². The first-order valence-corrected chi connectivity index (χ1v) is 14.9. The molecule has 222 valence electrons. The Morgan fingerprint density at radius 3 is 1.34 bits per heavy atom. The maximum Gasteiger partial charge on any atom is 0.204 e. The third-order valence-corrected chi connectivity index (χ3v) is 9.45. The number of halogens is 4. The summed E-state index contributed by atoms with van der Waals surface area (Å²) in [4.78, 5) is 4.57. The Labute approximate surface area is 258 Å². The van der Waals surface area contributed by atoms with Gasteiger partial charge in [0.1, 0.15) is 11.5 Å². The van der Waals surface area contributed by atoms with Gasteiger partial charge in [-0.1, -0.05) is 12.1 Å². The number of rotatable bonds is 8. The maximum absolute atomic E-state index is 14.5. The Bertz CT molecular complexity index is 1860. The number of ether oxygens (including phenoxy) is 2. The number of phenols is 1. The third-order valence-electron chi connectivity index (χ3n) is 7.01. The van der Waals surface area contributed by atoms with Crippen molar-refractivity contribution >= 4 is 39.7 Å². The van der Waals surface area contributed by atoms with Crippen molar-refractivity contribution < 1.29 is 32.1 Å². The monoisotopic (exact) mass is 633 g/mol. The van der Waals surface area contributed by atoms with E-state index in [9.17, 15) is 22.7 Å².